The molecule has 3 aliphatic heterocycles. The van der Waals surface area contributed by atoms with Gasteiger partial charge in [0.2, 0.25) is 5.91 Å². The Morgan fingerprint density at radius 3 is 2.68 bits per heavy atom. The van der Waals surface area contributed by atoms with E-state index in [-0.39, 0.29) is 36.5 Å². The van der Waals surface area contributed by atoms with Gasteiger partial charge in [0.25, 0.3) is 5.69 Å². The summed E-state index contributed by atoms with van der Waals surface area (Å²) in [6, 6.07) is 5.36. The van der Waals surface area contributed by atoms with Crippen LogP contribution in [0.25, 0.3) is 0 Å². The molecular weight excluding hydrogens is 372 g/mol. The number of hydrogen-bond donors (Lipinski definition) is 0. The van der Waals surface area contributed by atoms with Gasteiger partial charge in [-0.3, -0.25) is 14.9 Å². The van der Waals surface area contributed by atoms with Gasteiger partial charge in [-0.1, -0.05) is 6.08 Å². The van der Waals surface area contributed by atoms with Crippen molar-refractivity contribution in [2.24, 2.45) is 5.92 Å². The van der Waals surface area contributed by atoms with Crippen LogP contribution >= 0.6 is 0 Å². The van der Waals surface area contributed by atoms with E-state index in [0.29, 0.717) is 12.0 Å². The summed E-state index contributed by atoms with van der Waals surface area (Å²) < 4.78 is 15.2. The molecule has 3 atom stereocenters. The number of non-ortho nitro benzene ring substituents is 1. The molecule has 10 heteroatoms. The number of fused-ring (bicyclic) bond motifs is 1. The molecule has 4 rings (SSSR count). The van der Waals surface area contributed by atoms with Crippen LogP contribution in [0.15, 0.2) is 36.0 Å². The van der Waals surface area contributed by atoms with Crippen LogP contribution in [0, 0.1) is 16.0 Å². The zero-order chi connectivity index (χ0) is 20.1. The zero-order valence-corrected chi connectivity index (χ0v) is 14.8. The van der Waals surface area contributed by atoms with Crippen LogP contribution in [0.2, 0.25) is 0 Å². The molecule has 1 aromatic carbocycles. The van der Waals surface area contributed by atoms with Crippen LogP contribution in [-0.4, -0.2) is 46.1 Å². The smallest absolute Gasteiger partial charge is 0.456 e. The minimum atomic E-state index is -1.04. The fraction of sp³-hybridized carbons (Fsp3) is 0.389. The number of rotatable bonds is 5. The number of amides is 1. The SMILES string of the molecule is CC1(C2C(=O)N3C(C(=O)OCc4ccc([N+](=O)[O-])cc4)=CCC23)COC(=O)O1. The van der Waals surface area contributed by atoms with Crippen molar-refractivity contribution in [2.75, 3.05) is 6.61 Å². The van der Waals surface area contributed by atoms with E-state index in [1.807, 2.05) is 0 Å². The van der Waals surface area contributed by atoms with Gasteiger partial charge < -0.3 is 19.1 Å². The van der Waals surface area contributed by atoms with Crippen molar-refractivity contribution >= 4 is 23.7 Å². The standard InChI is InChI=1S/C18H16N2O8/c1-18(9-27-17(23)28-18)14-12-6-7-13(19(12)15(14)21)16(22)26-8-10-2-4-11(5-3-10)20(24)25/h2-5,7,12,14H,6,8-9H2,1H3. The van der Waals surface area contributed by atoms with Gasteiger partial charge in [-0.25, -0.2) is 9.59 Å². The second-order valence-electron chi connectivity index (χ2n) is 7.03. The van der Waals surface area contributed by atoms with Gasteiger partial charge in [-0.2, -0.15) is 0 Å². The summed E-state index contributed by atoms with van der Waals surface area (Å²) in [6.07, 6.45) is 1.27. The van der Waals surface area contributed by atoms with E-state index in [1.54, 1.807) is 13.0 Å². The summed E-state index contributed by atoms with van der Waals surface area (Å²) in [5, 5.41) is 10.7. The molecule has 28 heavy (non-hydrogen) atoms. The van der Waals surface area contributed by atoms with Crippen molar-refractivity contribution in [1.29, 1.82) is 0 Å². The molecule has 3 unspecified atom stereocenters. The molecule has 0 aliphatic carbocycles. The molecule has 0 saturated carbocycles. The number of hydrogen-bond acceptors (Lipinski definition) is 8. The lowest BCUT2D eigenvalue weighted by molar-refractivity contribution is -0.384. The van der Waals surface area contributed by atoms with Crippen LogP contribution in [0.4, 0.5) is 10.5 Å². The highest BCUT2D eigenvalue weighted by atomic mass is 16.8. The molecule has 2 fully saturated rings. The highest BCUT2D eigenvalue weighted by Gasteiger charge is 2.63. The minimum Gasteiger partial charge on any atom is -0.456 e. The lowest BCUT2D eigenvalue weighted by Crippen LogP contribution is -2.66. The molecule has 0 N–H and O–H groups in total. The monoisotopic (exact) mass is 388 g/mol. The van der Waals surface area contributed by atoms with Crippen molar-refractivity contribution in [3.63, 3.8) is 0 Å². The number of nitro benzene ring substituents is 1. The Morgan fingerprint density at radius 1 is 1.36 bits per heavy atom. The van der Waals surface area contributed by atoms with Gasteiger partial charge in [-0.15, -0.1) is 0 Å². The first-order valence-electron chi connectivity index (χ1n) is 8.59. The fourth-order valence-corrected chi connectivity index (χ4v) is 3.81. The van der Waals surface area contributed by atoms with Gasteiger partial charge in [-0.05, 0) is 31.0 Å². The molecule has 146 valence electrons. The van der Waals surface area contributed by atoms with E-state index in [9.17, 15) is 24.5 Å². The highest BCUT2D eigenvalue weighted by Crippen LogP contribution is 2.46. The lowest BCUT2D eigenvalue weighted by atomic mass is 9.75. The third kappa shape index (κ3) is 2.77. The first-order chi connectivity index (χ1) is 13.3. The van der Waals surface area contributed by atoms with Crippen LogP contribution < -0.4 is 0 Å². The molecule has 0 spiro atoms. The molecule has 0 aromatic heterocycles. The number of benzene rings is 1. The van der Waals surface area contributed by atoms with E-state index in [1.165, 1.54) is 29.2 Å². The maximum Gasteiger partial charge on any atom is 0.509 e. The molecule has 3 aliphatic rings. The average Bonchev–Trinajstić information content (AvgIpc) is 3.20. The molecule has 3 heterocycles. The number of carbonyl (C=O) groups excluding carboxylic acids is 3. The molecule has 1 amide bonds. The fourth-order valence-electron chi connectivity index (χ4n) is 3.81. The Hall–Kier alpha value is -3.43. The van der Waals surface area contributed by atoms with Gasteiger partial charge in [0, 0.05) is 12.1 Å². The largest absolute Gasteiger partial charge is 0.509 e. The average molecular weight is 388 g/mol. The Balaban J connectivity index is 1.37. The second kappa shape index (κ2) is 6.32. The van der Waals surface area contributed by atoms with Gasteiger partial charge in [0.15, 0.2) is 5.60 Å². The highest BCUT2D eigenvalue weighted by molar-refractivity contribution is 6.00. The van der Waals surface area contributed by atoms with E-state index < -0.39 is 28.6 Å². The van der Waals surface area contributed by atoms with Crippen LogP contribution in [0.5, 0.6) is 0 Å². The topological polar surface area (TPSA) is 125 Å². The predicted octanol–water partition coefficient (Wildman–Crippen LogP) is 1.68. The summed E-state index contributed by atoms with van der Waals surface area (Å²) in [5.74, 6) is -1.55. The number of β-lactam (4-membered cyclic amide) rings is 1. The van der Waals surface area contributed by atoms with Crippen LogP contribution in [0.3, 0.4) is 0 Å². The first-order valence-corrected chi connectivity index (χ1v) is 8.59. The predicted molar refractivity (Wildman–Crippen MR) is 90.6 cm³/mol. The van der Waals surface area contributed by atoms with Crippen LogP contribution in [0.1, 0.15) is 18.9 Å². The van der Waals surface area contributed by atoms with E-state index in [0.717, 1.165) is 0 Å². The maximum atomic E-state index is 12.6. The van der Waals surface area contributed by atoms with E-state index >= 15 is 0 Å². The van der Waals surface area contributed by atoms with E-state index in [2.05, 4.69) is 0 Å². The molecule has 0 radical (unpaired) electrons. The Bertz CT molecular complexity index is 909. The summed E-state index contributed by atoms with van der Waals surface area (Å²) in [7, 11) is 0. The summed E-state index contributed by atoms with van der Waals surface area (Å²) in [6.45, 7) is 1.56. The Morgan fingerprint density at radius 2 is 2.07 bits per heavy atom. The maximum absolute atomic E-state index is 12.6. The second-order valence-corrected chi connectivity index (χ2v) is 7.03. The van der Waals surface area contributed by atoms with Gasteiger partial charge >= 0.3 is 12.1 Å². The number of cyclic esters (lactones) is 2. The van der Waals surface area contributed by atoms with Crippen LogP contribution in [-0.2, 0) is 30.4 Å². The Labute approximate surface area is 158 Å². The number of nitro groups is 1. The number of nitrogens with zero attached hydrogens (tertiary/aromatic N) is 2. The number of carbonyl (C=O) groups is 3. The summed E-state index contributed by atoms with van der Waals surface area (Å²) >= 11 is 0. The Kier molecular flexibility index (Phi) is 4.06. The molecule has 1 aromatic rings. The first kappa shape index (κ1) is 18.0. The quantitative estimate of drug-likeness (QED) is 0.323. The van der Waals surface area contributed by atoms with Crippen molar-refractivity contribution in [2.45, 2.75) is 31.6 Å². The van der Waals surface area contributed by atoms with Crippen molar-refractivity contribution in [3.8, 4) is 0 Å². The molecule has 0 bridgehead atoms. The van der Waals surface area contributed by atoms with Gasteiger partial charge in [0.1, 0.15) is 24.8 Å². The lowest BCUT2D eigenvalue weighted by Gasteiger charge is -2.48. The van der Waals surface area contributed by atoms with Crippen molar-refractivity contribution in [1.82, 2.24) is 4.90 Å². The number of ether oxygens (including phenoxy) is 3. The number of esters is 1. The van der Waals surface area contributed by atoms with Crippen molar-refractivity contribution in [3.05, 3.63) is 51.7 Å². The summed E-state index contributed by atoms with van der Waals surface area (Å²) in [5.41, 5.74) is -0.355. The summed E-state index contributed by atoms with van der Waals surface area (Å²) in [4.78, 5) is 47.7. The zero-order valence-electron chi connectivity index (χ0n) is 14.8. The van der Waals surface area contributed by atoms with Crippen molar-refractivity contribution < 1.29 is 33.5 Å². The molecule has 10 nitrogen and oxygen atoms in total. The van der Waals surface area contributed by atoms with E-state index in [4.69, 9.17) is 14.2 Å². The third-order valence-electron chi connectivity index (χ3n) is 5.21. The normalized spacial score (nSPS) is 28.0. The molecular formula is C18H16N2O8. The minimum absolute atomic E-state index is 0.00744. The molecule has 2 saturated heterocycles. The van der Waals surface area contributed by atoms with Gasteiger partial charge in [0.05, 0.1) is 11.0 Å². The third-order valence-corrected chi connectivity index (χ3v) is 5.21.